The lowest BCUT2D eigenvalue weighted by Crippen LogP contribution is -2.42. The molecule has 28 heavy (non-hydrogen) atoms. The predicted molar refractivity (Wildman–Crippen MR) is 111 cm³/mol. The number of piperidine rings is 1. The van der Waals surface area contributed by atoms with Gasteiger partial charge in [0.2, 0.25) is 5.91 Å². The van der Waals surface area contributed by atoms with Crippen molar-refractivity contribution in [2.45, 2.75) is 50.5 Å². The molecule has 1 aromatic carbocycles. The van der Waals surface area contributed by atoms with E-state index in [2.05, 4.69) is 11.9 Å². The number of hydrogen-bond donors (Lipinski definition) is 1. The minimum absolute atomic E-state index is 0.0599. The molecule has 3 fully saturated rings. The lowest BCUT2D eigenvalue weighted by molar-refractivity contribution is -0.129. The third kappa shape index (κ3) is 4.52. The second-order valence-corrected chi connectivity index (χ2v) is 9.14. The predicted octanol–water partition coefficient (Wildman–Crippen LogP) is 2.68. The summed E-state index contributed by atoms with van der Waals surface area (Å²) in [6.45, 7) is 4.92. The SMILES string of the molecule is CN1CCC(C2(N)CC2CCOc2ccc(CC(=O)N3CCCC3)cc2)CC1. The Bertz CT molecular complexity index is 663. The second kappa shape index (κ2) is 8.42. The Hall–Kier alpha value is -1.59. The summed E-state index contributed by atoms with van der Waals surface area (Å²) in [7, 11) is 2.20. The molecule has 0 radical (unpaired) electrons. The first-order valence-corrected chi connectivity index (χ1v) is 11.0. The maximum absolute atomic E-state index is 12.2. The van der Waals surface area contributed by atoms with Crippen molar-refractivity contribution >= 4 is 5.91 Å². The molecular formula is C23H35N3O2. The van der Waals surface area contributed by atoms with Gasteiger partial charge in [-0.2, -0.15) is 0 Å². The molecule has 1 amide bonds. The topological polar surface area (TPSA) is 58.8 Å². The van der Waals surface area contributed by atoms with Gasteiger partial charge in [0.15, 0.2) is 0 Å². The highest BCUT2D eigenvalue weighted by molar-refractivity contribution is 5.79. The van der Waals surface area contributed by atoms with Gasteiger partial charge in [-0.1, -0.05) is 12.1 Å². The van der Waals surface area contributed by atoms with Gasteiger partial charge in [0, 0.05) is 18.6 Å². The number of hydrogen-bond acceptors (Lipinski definition) is 4. The Balaban J connectivity index is 1.18. The summed E-state index contributed by atoms with van der Waals surface area (Å²) in [5.74, 6) is 2.42. The maximum Gasteiger partial charge on any atom is 0.226 e. The first kappa shape index (κ1) is 19.7. The molecule has 4 rings (SSSR count). The molecule has 1 saturated carbocycles. The third-order valence-corrected chi connectivity index (χ3v) is 7.15. The van der Waals surface area contributed by atoms with Gasteiger partial charge in [0.25, 0.3) is 0 Å². The molecule has 154 valence electrons. The van der Waals surface area contributed by atoms with Crippen LogP contribution in [0.3, 0.4) is 0 Å². The van der Waals surface area contributed by atoms with E-state index in [1.165, 1.54) is 25.9 Å². The molecule has 2 heterocycles. The quantitative estimate of drug-likeness (QED) is 0.784. The van der Waals surface area contributed by atoms with Crippen LogP contribution < -0.4 is 10.5 Å². The van der Waals surface area contributed by atoms with E-state index in [1.54, 1.807) is 0 Å². The molecule has 2 atom stereocenters. The number of nitrogens with two attached hydrogens (primary N) is 1. The second-order valence-electron chi connectivity index (χ2n) is 9.14. The van der Waals surface area contributed by atoms with Crippen LogP contribution in [0.1, 0.15) is 44.1 Å². The van der Waals surface area contributed by atoms with Gasteiger partial charge in [-0.15, -0.1) is 0 Å². The fourth-order valence-corrected chi connectivity index (χ4v) is 5.06. The van der Waals surface area contributed by atoms with Gasteiger partial charge < -0.3 is 20.3 Å². The van der Waals surface area contributed by atoms with Gasteiger partial charge in [-0.25, -0.2) is 0 Å². The summed E-state index contributed by atoms with van der Waals surface area (Å²) in [6.07, 6.45) is 7.45. The van der Waals surface area contributed by atoms with Crippen LogP contribution in [-0.4, -0.2) is 61.1 Å². The van der Waals surface area contributed by atoms with E-state index in [1.807, 2.05) is 29.2 Å². The molecule has 2 aliphatic heterocycles. The van der Waals surface area contributed by atoms with Gasteiger partial charge in [0.05, 0.1) is 13.0 Å². The average Bonchev–Trinajstić information content (AvgIpc) is 3.09. The van der Waals surface area contributed by atoms with Crippen molar-refractivity contribution in [2.75, 3.05) is 39.8 Å². The van der Waals surface area contributed by atoms with E-state index in [9.17, 15) is 4.79 Å². The lowest BCUT2D eigenvalue weighted by atomic mass is 9.86. The van der Waals surface area contributed by atoms with Gasteiger partial charge >= 0.3 is 0 Å². The van der Waals surface area contributed by atoms with Crippen LogP contribution in [0.2, 0.25) is 0 Å². The van der Waals surface area contributed by atoms with Crippen molar-refractivity contribution in [2.24, 2.45) is 17.6 Å². The molecule has 2 saturated heterocycles. The van der Waals surface area contributed by atoms with E-state index >= 15 is 0 Å². The molecule has 3 aliphatic rings. The van der Waals surface area contributed by atoms with Crippen LogP contribution in [-0.2, 0) is 11.2 Å². The summed E-state index contributed by atoms with van der Waals surface area (Å²) in [5.41, 5.74) is 7.82. The summed E-state index contributed by atoms with van der Waals surface area (Å²) < 4.78 is 5.96. The molecule has 5 nitrogen and oxygen atoms in total. The van der Waals surface area contributed by atoms with E-state index in [-0.39, 0.29) is 11.4 Å². The standard InChI is InChI=1S/C23H35N3O2/c1-25-13-8-19(9-14-25)23(24)17-20(23)10-15-28-21-6-4-18(5-7-21)16-22(27)26-11-2-3-12-26/h4-7,19-20H,2-3,8-17,24H2,1H3. The molecule has 1 aliphatic carbocycles. The summed E-state index contributed by atoms with van der Waals surface area (Å²) >= 11 is 0. The first-order chi connectivity index (χ1) is 13.5. The van der Waals surface area contributed by atoms with Crippen LogP contribution in [0.5, 0.6) is 5.75 Å². The maximum atomic E-state index is 12.2. The molecule has 0 aromatic heterocycles. The van der Waals surface area contributed by atoms with Gasteiger partial charge in [-0.05, 0) is 88.2 Å². The lowest BCUT2D eigenvalue weighted by Gasteiger charge is -2.33. The van der Waals surface area contributed by atoms with Crippen LogP contribution in [0.15, 0.2) is 24.3 Å². The first-order valence-electron chi connectivity index (χ1n) is 11.0. The van der Waals surface area contributed by atoms with Crippen LogP contribution in [0.25, 0.3) is 0 Å². The van der Waals surface area contributed by atoms with Crippen molar-refractivity contribution in [1.82, 2.24) is 9.80 Å². The zero-order valence-corrected chi connectivity index (χ0v) is 17.2. The van der Waals surface area contributed by atoms with E-state index in [4.69, 9.17) is 10.5 Å². The number of rotatable bonds is 7. The van der Waals surface area contributed by atoms with E-state index < -0.39 is 0 Å². The Labute approximate surface area is 169 Å². The minimum atomic E-state index is 0.0599. The fourth-order valence-electron chi connectivity index (χ4n) is 5.06. The monoisotopic (exact) mass is 385 g/mol. The Morgan fingerprint density at radius 3 is 2.50 bits per heavy atom. The summed E-state index contributed by atoms with van der Waals surface area (Å²) in [4.78, 5) is 16.6. The largest absolute Gasteiger partial charge is 0.494 e. The highest BCUT2D eigenvalue weighted by Gasteiger charge is 2.55. The molecule has 2 unspecified atom stereocenters. The molecule has 0 spiro atoms. The number of ether oxygens (including phenoxy) is 1. The highest BCUT2D eigenvalue weighted by atomic mass is 16.5. The number of carbonyl (C=O) groups excluding carboxylic acids is 1. The normalized spacial score (nSPS) is 28.5. The number of nitrogens with zero attached hydrogens (tertiary/aromatic N) is 2. The Kier molecular flexibility index (Phi) is 5.93. The number of likely N-dealkylation sites (tertiary alicyclic amines) is 2. The molecule has 5 heteroatoms. The Morgan fingerprint density at radius 1 is 1.14 bits per heavy atom. The molecule has 2 N–H and O–H groups in total. The highest BCUT2D eigenvalue weighted by Crippen LogP contribution is 2.51. The van der Waals surface area contributed by atoms with Crippen molar-refractivity contribution in [1.29, 1.82) is 0 Å². The van der Waals surface area contributed by atoms with Crippen molar-refractivity contribution in [3.63, 3.8) is 0 Å². The zero-order valence-electron chi connectivity index (χ0n) is 17.2. The Morgan fingerprint density at radius 2 is 1.82 bits per heavy atom. The van der Waals surface area contributed by atoms with Crippen molar-refractivity contribution in [3.05, 3.63) is 29.8 Å². The van der Waals surface area contributed by atoms with Crippen LogP contribution >= 0.6 is 0 Å². The summed E-state index contributed by atoms with van der Waals surface area (Å²) in [6, 6.07) is 8.02. The van der Waals surface area contributed by atoms with Crippen LogP contribution in [0.4, 0.5) is 0 Å². The van der Waals surface area contributed by atoms with Crippen LogP contribution in [0, 0.1) is 11.8 Å². The zero-order chi connectivity index (χ0) is 19.6. The smallest absolute Gasteiger partial charge is 0.226 e. The number of amides is 1. The van der Waals surface area contributed by atoms with E-state index in [0.29, 0.717) is 18.3 Å². The van der Waals surface area contributed by atoms with Gasteiger partial charge in [-0.3, -0.25) is 4.79 Å². The third-order valence-electron chi connectivity index (χ3n) is 7.15. The van der Waals surface area contributed by atoms with Crippen molar-refractivity contribution in [3.8, 4) is 5.75 Å². The molecular weight excluding hydrogens is 350 g/mol. The summed E-state index contributed by atoms with van der Waals surface area (Å²) in [5, 5.41) is 0. The van der Waals surface area contributed by atoms with E-state index in [0.717, 1.165) is 56.7 Å². The van der Waals surface area contributed by atoms with Gasteiger partial charge in [0.1, 0.15) is 5.75 Å². The fraction of sp³-hybridized carbons (Fsp3) is 0.696. The number of carbonyl (C=O) groups is 1. The average molecular weight is 386 g/mol. The minimum Gasteiger partial charge on any atom is -0.494 e. The number of benzene rings is 1. The molecule has 1 aromatic rings. The molecule has 0 bridgehead atoms. The van der Waals surface area contributed by atoms with Crippen molar-refractivity contribution < 1.29 is 9.53 Å².